The lowest BCUT2D eigenvalue weighted by molar-refractivity contribution is -0.147. The summed E-state index contributed by atoms with van der Waals surface area (Å²) in [5.41, 5.74) is 6.31. The van der Waals surface area contributed by atoms with Gasteiger partial charge in [0, 0.05) is 13.0 Å². The topological polar surface area (TPSA) is 203 Å². The number of benzene rings is 1. The molecule has 6 unspecified atom stereocenters. The van der Waals surface area contributed by atoms with Crippen LogP contribution in [-0.2, 0) is 25.6 Å². The van der Waals surface area contributed by atoms with Crippen molar-refractivity contribution in [2.45, 2.75) is 69.5 Å². The Bertz CT molecular complexity index is 889. The van der Waals surface area contributed by atoms with E-state index in [9.17, 15) is 39.6 Å². The minimum atomic E-state index is -1.54. The van der Waals surface area contributed by atoms with Gasteiger partial charge in [0.25, 0.3) is 0 Å². The van der Waals surface area contributed by atoms with Crippen LogP contribution in [0, 0.1) is 0 Å². The molecule has 1 heterocycles. The molecular weight excluding hydrogens is 448 g/mol. The second kappa shape index (κ2) is 11.8. The molecule has 1 aromatic rings. The number of aliphatic hydroxyl groups is 2. The van der Waals surface area contributed by atoms with Crippen LogP contribution in [0.4, 0.5) is 0 Å². The zero-order valence-corrected chi connectivity index (χ0v) is 19.0. The lowest BCUT2D eigenvalue weighted by Gasteiger charge is -2.30. The first-order valence-electron chi connectivity index (χ1n) is 11.0. The third kappa shape index (κ3) is 6.89. The van der Waals surface area contributed by atoms with Gasteiger partial charge >= 0.3 is 5.97 Å². The summed E-state index contributed by atoms with van der Waals surface area (Å²) >= 11 is 0. The van der Waals surface area contributed by atoms with Crippen LogP contribution >= 0.6 is 0 Å². The van der Waals surface area contributed by atoms with E-state index in [2.05, 4.69) is 10.6 Å². The number of phenols is 1. The normalized spacial score (nSPS) is 20.0. The van der Waals surface area contributed by atoms with Gasteiger partial charge in [0.05, 0.1) is 12.2 Å². The van der Waals surface area contributed by atoms with Gasteiger partial charge in [0.2, 0.25) is 17.7 Å². The fourth-order valence-electron chi connectivity index (χ4n) is 3.70. The summed E-state index contributed by atoms with van der Waals surface area (Å²) < 4.78 is 0. The average molecular weight is 481 g/mol. The number of aliphatic carboxylic acids is 1. The van der Waals surface area contributed by atoms with E-state index >= 15 is 0 Å². The van der Waals surface area contributed by atoms with Gasteiger partial charge in [-0.05, 0) is 44.4 Å². The van der Waals surface area contributed by atoms with Gasteiger partial charge in [-0.1, -0.05) is 12.1 Å². The van der Waals surface area contributed by atoms with Gasteiger partial charge in [-0.3, -0.25) is 14.4 Å². The number of rotatable bonds is 10. The maximum atomic E-state index is 13.4. The van der Waals surface area contributed by atoms with Crippen LogP contribution in [-0.4, -0.2) is 91.9 Å². The number of carbonyl (C=O) groups is 4. The van der Waals surface area contributed by atoms with E-state index in [0.717, 1.165) is 0 Å². The van der Waals surface area contributed by atoms with E-state index in [1.165, 1.54) is 30.9 Å². The molecule has 0 saturated carbocycles. The first-order chi connectivity index (χ1) is 15.9. The highest BCUT2D eigenvalue weighted by molar-refractivity contribution is 5.94. The van der Waals surface area contributed by atoms with E-state index in [-0.39, 0.29) is 25.1 Å². The molecule has 1 aromatic carbocycles. The lowest BCUT2D eigenvalue weighted by atomic mass is 10.0. The Hall–Kier alpha value is -3.22. The fourth-order valence-corrected chi connectivity index (χ4v) is 3.70. The number of hydrogen-bond acceptors (Lipinski definition) is 8. The van der Waals surface area contributed by atoms with E-state index in [1.54, 1.807) is 12.1 Å². The lowest BCUT2D eigenvalue weighted by Crippen LogP contribution is -2.59. The van der Waals surface area contributed by atoms with E-state index in [4.69, 9.17) is 5.73 Å². The molecule has 1 aliphatic heterocycles. The summed E-state index contributed by atoms with van der Waals surface area (Å²) in [4.78, 5) is 51.3. The second-order valence-corrected chi connectivity index (χ2v) is 8.45. The smallest absolute Gasteiger partial charge is 0.328 e. The number of amides is 3. The monoisotopic (exact) mass is 480 g/mol. The third-order valence-corrected chi connectivity index (χ3v) is 5.70. The Balaban J connectivity index is 2.25. The number of carbonyl (C=O) groups excluding carboxylic acids is 3. The molecule has 188 valence electrons. The number of hydrogen-bond donors (Lipinski definition) is 7. The summed E-state index contributed by atoms with van der Waals surface area (Å²) in [6, 6.07) is 1.05. The van der Waals surface area contributed by atoms with Crippen LogP contribution in [0.5, 0.6) is 5.75 Å². The molecule has 3 amide bonds. The summed E-state index contributed by atoms with van der Waals surface area (Å²) in [5.74, 6) is -3.46. The van der Waals surface area contributed by atoms with Crippen LogP contribution in [0.15, 0.2) is 24.3 Å². The quantitative estimate of drug-likeness (QED) is 0.199. The number of likely N-dealkylation sites (tertiary alicyclic amines) is 1. The molecule has 12 nitrogen and oxygen atoms in total. The standard InChI is InChI=1S/C22H32N4O8/c1-11(27)17(23)20(31)24-15(10-13-5-7-14(29)8-6-13)21(32)26-9-3-4-16(26)19(30)25-18(12(2)28)22(33)34/h5-8,11-12,15-18,27-29H,3-4,9-10,23H2,1-2H3,(H,24,31)(H,25,30)(H,33,34). The Kier molecular flexibility index (Phi) is 9.36. The van der Waals surface area contributed by atoms with Crippen molar-refractivity contribution in [1.29, 1.82) is 0 Å². The van der Waals surface area contributed by atoms with Gasteiger partial charge in [0.1, 0.15) is 23.9 Å². The van der Waals surface area contributed by atoms with Crippen molar-refractivity contribution in [3.8, 4) is 5.75 Å². The molecule has 0 aliphatic carbocycles. The largest absolute Gasteiger partial charge is 0.508 e. The number of nitrogens with two attached hydrogens (primary N) is 1. The molecule has 2 rings (SSSR count). The van der Waals surface area contributed by atoms with Crippen LogP contribution in [0.3, 0.4) is 0 Å². The molecule has 12 heteroatoms. The van der Waals surface area contributed by atoms with Gasteiger partial charge < -0.3 is 41.7 Å². The van der Waals surface area contributed by atoms with E-state index in [1.807, 2.05) is 0 Å². The summed E-state index contributed by atoms with van der Waals surface area (Å²) in [6.45, 7) is 2.77. The summed E-state index contributed by atoms with van der Waals surface area (Å²) in [6.07, 6.45) is -1.74. The molecule has 6 atom stereocenters. The predicted molar refractivity (Wildman–Crippen MR) is 119 cm³/mol. The van der Waals surface area contributed by atoms with Crippen LogP contribution < -0.4 is 16.4 Å². The fraction of sp³-hybridized carbons (Fsp3) is 0.545. The van der Waals surface area contributed by atoms with E-state index in [0.29, 0.717) is 12.0 Å². The van der Waals surface area contributed by atoms with Crippen molar-refractivity contribution < 1.29 is 39.6 Å². The number of carboxylic acids is 1. The van der Waals surface area contributed by atoms with Crippen LogP contribution in [0.1, 0.15) is 32.3 Å². The maximum absolute atomic E-state index is 13.4. The van der Waals surface area contributed by atoms with Crippen LogP contribution in [0.2, 0.25) is 0 Å². The summed E-state index contributed by atoms with van der Waals surface area (Å²) in [5, 5.41) is 42.8. The molecule has 1 aliphatic rings. The summed E-state index contributed by atoms with van der Waals surface area (Å²) in [7, 11) is 0. The van der Waals surface area contributed by atoms with Gasteiger partial charge in [0.15, 0.2) is 6.04 Å². The molecule has 1 saturated heterocycles. The number of carboxylic acid groups (broad SMARTS) is 1. The molecule has 34 heavy (non-hydrogen) atoms. The van der Waals surface area contributed by atoms with E-state index < -0.39 is 60.1 Å². The molecule has 0 radical (unpaired) electrons. The zero-order chi connectivity index (χ0) is 25.6. The van der Waals surface area contributed by atoms with Gasteiger partial charge in [-0.25, -0.2) is 4.79 Å². The van der Waals surface area contributed by atoms with Gasteiger partial charge in [-0.2, -0.15) is 0 Å². The van der Waals surface area contributed by atoms with Crippen molar-refractivity contribution in [2.75, 3.05) is 6.54 Å². The first kappa shape index (κ1) is 27.0. The minimum absolute atomic E-state index is 0.0215. The highest BCUT2D eigenvalue weighted by atomic mass is 16.4. The van der Waals surface area contributed by atoms with Gasteiger partial charge in [-0.15, -0.1) is 0 Å². The number of phenolic OH excluding ortho intramolecular Hbond substituents is 1. The molecule has 8 N–H and O–H groups in total. The number of aliphatic hydroxyl groups excluding tert-OH is 2. The Morgan fingerprint density at radius 2 is 1.71 bits per heavy atom. The Morgan fingerprint density at radius 3 is 2.24 bits per heavy atom. The number of nitrogens with zero attached hydrogens (tertiary/aromatic N) is 1. The first-order valence-corrected chi connectivity index (χ1v) is 11.0. The molecule has 0 bridgehead atoms. The highest BCUT2D eigenvalue weighted by Gasteiger charge is 2.40. The minimum Gasteiger partial charge on any atom is -0.508 e. The van der Waals surface area contributed by atoms with Crippen molar-refractivity contribution in [3.63, 3.8) is 0 Å². The van der Waals surface area contributed by atoms with Crippen molar-refractivity contribution >= 4 is 23.7 Å². The number of nitrogens with one attached hydrogen (secondary N) is 2. The SMILES string of the molecule is CC(O)C(N)C(=O)NC(Cc1ccc(O)cc1)C(=O)N1CCCC1C(=O)NC(C(=O)O)C(C)O. The molecule has 0 aromatic heterocycles. The van der Waals surface area contributed by atoms with Crippen LogP contribution in [0.25, 0.3) is 0 Å². The molecule has 0 spiro atoms. The average Bonchev–Trinajstić information content (AvgIpc) is 3.26. The maximum Gasteiger partial charge on any atom is 0.328 e. The molecular formula is C22H32N4O8. The van der Waals surface area contributed by atoms with Crippen molar-refractivity contribution in [1.82, 2.24) is 15.5 Å². The third-order valence-electron chi connectivity index (χ3n) is 5.70. The predicted octanol–water partition coefficient (Wildman–Crippen LogP) is -1.93. The zero-order valence-electron chi connectivity index (χ0n) is 19.0. The molecule has 1 fully saturated rings. The Labute approximate surface area is 196 Å². The Morgan fingerprint density at radius 1 is 1.09 bits per heavy atom. The van der Waals surface area contributed by atoms with Crippen molar-refractivity contribution in [2.24, 2.45) is 5.73 Å². The number of aromatic hydroxyl groups is 1. The highest BCUT2D eigenvalue weighted by Crippen LogP contribution is 2.21. The van der Waals surface area contributed by atoms with Crippen molar-refractivity contribution in [3.05, 3.63) is 29.8 Å². The second-order valence-electron chi connectivity index (χ2n) is 8.45.